The molecule has 2 aromatic rings. The van der Waals surface area contributed by atoms with E-state index in [4.69, 9.17) is 4.74 Å². The number of hydrogen-bond donors (Lipinski definition) is 1. The monoisotopic (exact) mass is 281 g/mol. The van der Waals surface area contributed by atoms with Gasteiger partial charge >= 0.3 is 0 Å². The number of fused-ring (bicyclic) bond motifs is 5. The van der Waals surface area contributed by atoms with Crippen LogP contribution in [-0.4, -0.2) is 30.1 Å². The van der Waals surface area contributed by atoms with Gasteiger partial charge in [-0.2, -0.15) is 0 Å². The number of piperidine rings is 1. The van der Waals surface area contributed by atoms with Gasteiger partial charge in [-0.3, -0.25) is 0 Å². The molecule has 2 atom stereocenters. The summed E-state index contributed by atoms with van der Waals surface area (Å²) in [6.07, 6.45) is 0.932. The molecule has 1 fully saturated rings. The van der Waals surface area contributed by atoms with Crippen molar-refractivity contribution in [1.29, 1.82) is 0 Å². The third-order valence-corrected chi connectivity index (χ3v) is 4.75. The molecule has 0 saturated carbocycles. The van der Waals surface area contributed by atoms with Gasteiger partial charge < -0.3 is 14.7 Å². The van der Waals surface area contributed by atoms with Crippen LogP contribution in [0.3, 0.4) is 0 Å². The number of likely N-dealkylation sites (tertiary alicyclic amines) is 1. The van der Waals surface area contributed by atoms with Gasteiger partial charge in [0.2, 0.25) is 0 Å². The van der Waals surface area contributed by atoms with Crippen molar-refractivity contribution in [3.63, 3.8) is 0 Å². The van der Waals surface area contributed by atoms with Crippen LogP contribution >= 0.6 is 0 Å². The second-order valence-corrected chi connectivity index (χ2v) is 6.14. The van der Waals surface area contributed by atoms with Crippen molar-refractivity contribution in [3.05, 3.63) is 59.7 Å². The van der Waals surface area contributed by atoms with Gasteiger partial charge in [-0.05, 0) is 32.1 Å². The first kappa shape index (κ1) is 12.9. The minimum atomic E-state index is -0.893. The molecule has 0 amide bonds. The number of aliphatic hydroxyl groups is 1. The highest BCUT2D eigenvalue weighted by Gasteiger charge is 2.47. The molecule has 0 aliphatic carbocycles. The Labute approximate surface area is 124 Å². The van der Waals surface area contributed by atoms with Gasteiger partial charge in [0.05, 0.1) is 0 Å². The third kappa shape index (κ3) is 1.88. The largest absolute Gasteiger partial charge is 0.457 e. The van der Waals surface area contributed by atoms with Crippen LogP contribution < -0.4 is 4.74 Å². The van der Waals surface area contributed by atoms with Gasteiger partial charge in [-0.1, -0.05) is 36.4 Å². The molecule has 0 spiro atoms. The van der Waals surface area contributed by atoms with Gasteiger partial charge in [0, 0.05) is 23.6 Å². The van der Waals surface area contributed by atoms with E-state index in [1.165, 1.54) is 0 Å². The minimum Gasteiger partial charge on any atom is -0.457 e. The Balaban J connectivity index is 1.97. The maximum Gasteiger partial charge on any atom is 0.133 e. The minimum absolute atomic E-state index is 0.0774. The average Bonchev–Trinajstić information content (AvgIpc) is 2.59. The molecule has 3 heteroatoms. The molecule has 1 saturated heterocycles. The van der Waals surface area contributed by atoms with E-state index < -0.39 is 5.60 Å². The first-order valence-electron chi connectivity index (χ1n) is 7.46. The van der Waals surface area contributed by atoms with Crippen LogP contribution in [0.5, 0.6) is 11.5 Å². The molecule has 2 aliphatic heterocycles. The molecule has 2 aromatic carbocycles. The van der Waals surface area contributed by atoms with E-state index in [1.54, 1.807) is 0 Å². The van der Waals surface area contributed by atoms with E-state index in [-0.39, 0.29) is 5.92 Å². The van der Waals surface area contributed by atoms with Crippen molar-refractivity contribution in [1.82, 2.24) is 4.90 Å². The zero-order valence-electron chi connectivity index (χ0n) is 12.1. The van der Waals surface area contributed by atoms with Gasteiger partial charge in [-0.15, -0.1) is 0 Å². The summed E-state index contributed by atoms with van der Waals surface area (Å²) < 4.78 is 6.12. The highest BCUT2D eigenvalue weighted by molar-refractivity contribution is 5.51. The van der Waals surface area contributed by atoms with Gasteiger partial charge in [-0.25, -0.2) is 0 Å². The Morgan fingerprint density at radius 1 is 1.10 bits per heavy atom. The van der Waals surface area contributed by atoms with Crippen LogP contribution in [0.2, 0.25) is 0 Å². The number of ether oxygens (including phenoxy) is 1. The summed E-state index contributed by atoms with van der Waals surface area (Å²) >= 11 is 0. The number of benzene rings is 2. The molecular formula is C18H19NO2. The maximum absolute atomic E-state index is 11.5. The number of rotatable bonds is 0. The summed E-state index contributed by atoms with van der Waals surface area (Å²) in [5.74, 6) is 1.72. The molecule has 1 N–H and O–H groups in total. The third-order valence-electron chi connectivity index (χ3n) is 4.75. The van der Waals surface area contributed by atoms with Gasteiger partial charge in [0.25, 0.3) is 0 Å². The van der Waals surface area contributed by atoms with E-state index in [0.717, 1.165) is 35.6 Å². The lowest BCUT2D eigenvalue weighted by Gasteiger charge is -2.43. The second kappa shape index (κ2) is 4.58. The number of para-hydroxylation sites is 2. The fraction of sp³-hybridized carbons (Fsp3) is 0.333. The molecule has 0 bridgehead atoms. The fourth-order valence-electron chi connectivity index (χ4n) is 3.77. The lowest BCUT2D eigenvalue weighted by Crippen LogP contribution is -2.48. The molecule has 3 nitrogen and oxygen atoms in total. The quantitative estimate of drug-likeness (QED) is 0.805. The predicted molar refractivity (Wildman–Crippen MR) is 81.7 cm³/mol. The fourth-order valence-corrected chi connectivity index (χ4v) is 3.77. The van der Waals surface area contributed by atoms with Crippen molar-refractivity contribution in [3.8, 4) is 11.5 Å². The molecule has 2 heterocycles. The van der Waals surface area contributed by atoms with Crippen LogP contribution in [0, 0.1) is 0 Å². The SMILES string of the molecule is CN1CC[C@@H]2c3ccccc3Oc3ccccc3[C@]2(O)C1. The summed E-state index contributed by atoms with van der Waals surface area (Å²) in [7, 11) is 2.06. The second-order valence-electron chi connectivity index (χ2n) is 6.14. The first-order chi connectivity index (χ1) is 10.2. The number of hydrogen-bond acceptors (Lipinski definition) is 3. The zero-order chi connectivity index (χ0) is 14.4. The molecule has 108 valence electrons. The van der Waals surface area contributed by atoms with Crippen molar-refractivity contribution in [2.75, 3.05) is 20.1 Å². The topological polar surface area (TPSA) is 32.7 Å². The molecule has 21 heavy (non-hydrogen) atoms. The van der Waals surface area contributed by atoms with Crippen molar-refractivity contribution in [2.24, 2.45) is 0 Å². The predicted octanol–water partition coefficient (Wildman–Crippen LogP) is 3.10. The smallest absolute Gasteiger partial charge is 0.133 e. The summed E-state index contributed by atoms with van der Waals surface area (Å²) in [5.41, 5.74) is 1.12. The van der Waals surface area contributed by atoms with Gasteiger partial charge in [0.1, 0.15) is 17.1 Å². The van der Waals surface area contributed by atoms with E-state index in [1.807, 2.05) is 42.5 Å². The molecule has 2 aliphatic rings. The first-order valence-corrected chi connectivity index (χ1v) is 7.46. The number of nitrogens with zero attached hydrogens (tertiary/aromatic N) is 1. The summed E-state index contributed by atoms with van der Waals surface area (Å²) in [5, 5.41) is 11.5. The van der Waals surface area contributed by atoms with E-state index in [0.29, 0.717) is 6.54 Å². The lowest BCUT2D eigenvalue weighted by atomic mass is 9.73. The Kier molecular flexibility index (Phi) is 2.81. The average molecular weight is 281 g/mol. The molecule has 0 aromatic heterocycles. The Bertz CT molecular complexity index is 684. The van der Waals surface area contributed by atoms with Crippen LogP contribution in [0.1, 0.15) is 23.5 Å². The maximum atomic E-state index is 11.5. The standard InChI is InChI=1S/C18H19NO2/c1-19-11-10-14-13-6-2-4-8-16(13)21-17-9-5-3-7-15(17)18(14,20)12-19/h2-9,14,20H,10-12H2,1H3/t14-,18+/m1/s1. The highest BCUT2D eigenvalue weighted by atomic mass is 16.5. The van der Waals surface area contributed by atoms with E-state index in [9.17, 15) is 5.11 Å². The number of β-amino-alcohol motifs (C(OH)–C–C–N with tert-alkyl or cyclic N) is 1. The Morgan fingerprint density at radius 2 is 1.81 bits per heavy atom. The van der Waals surface area contributed by atoms with Crippen LogP contribution in [0.25, 0.3) is 0 Å². The van der Waals surface area contributed by atoms with Gasteiger partial charge in [0.15, 0.2) is 0 Å². The lowest BCUT2D eigenvalue weighted by molar-refractivity contribution is -0.0470. The Morgan fingerprint density at radius 3 is 2.67 bits per heavy atom. The Hall–Kier alpha value is -1.84. The normalized spacial score (nSPS) is 27.8. The van der Waals surface area contributed by atoms with Crippen LogP contribution in [0.15, 0.2) is 48.5 Å². The van der Waals surface area contributed by atoms with E-state index >= 15 is 0 Å². The summed E-state index contributed by atoms with van der Waals surface area (Å²) in [6.45, 7) is 1.62. The summed E-state index contributed by atoms with van der Waals surface area (Å²) in [4.78, 5) is 2.20. The molecule has 0 unspecified atom stereocenters. The van der Waals surface area contributed by atoms with Crippen molar-refractivity contribution < 1.29 is 9.84 Å². The van der Waals surface area contributed by atoms with Crippen LogP contribution in [-0.2, 0) is 5.60 Å². The highest BCUT2D eigenvalue weighted by Crippen LogP contribution is 2.51. The van der Waals surface area contributed by atoms with Crippen LogP contribution in [0.4, 0.5) is 0 Å². The zero-order valence-corrected chi connectivity index (χ0v) is 12.1. The summed E-state index contributed by atoms with van der Waals surface area (Å²) in [6, 6.07) is 16.0. The number of likely N-dealkylation sites (N-methyl/N-ethyl adjacent to an activating group) is 1. The molecule has 4 rings (SSSR count). The molecule has 0 radical (unpaired) electrons. The van der Waals surface area contributed by atoms with Crippen molar-refractivity contribution in [2.45, 2.75) is 17.9 Å². The molecular weight excluding hydrogens is 262 g/mol. The van der Waals surface area contributed by atoms with E-state index in [2.05, 4.69) is 18.0 Å². The van der Waals surface area contributed by atoms with Crippen molar-refractivity contribution >= 4 is 0 Å².